The molecule has 1 heterocycles. The van der Waals surface area contributed by atoms with Gasteiger partial charge in [0.15, 0.2) is 0 Å². The van der Waals surface area contributed by atoms with E-state index in [9.17, 15) is 4.79 Å². The van der Waals surface area contributed by atoms with E-state index in [-0.39, 0.29) is 5.56 Å². The Morgan fingerprint density at radius 3 is 2.94 bits per heavy atom. The van der Waals surface area contributed by atoms with Gasteiger partial charge in [-0.05, 0) is 25.0 Å². The zero-order valence-corrected chi connectivity index (χ0v) is 10.7. The van der Waals surface area contributed by atoms with Gasteiger partial charge >= 0.3 is 5.97 Å². The molecule has 0 amide bonds. The molecular weight excluding hydrogens is 232 g/mol. The zero-order chi connectivity index (χ0) is 13.2. The van der Waals surface area contributed by atoms with Crippen LogP contribution in [-0.2, 0) is 4.74 Å². The lowest BCUT2D eigenvalue weighted by molar-refractivity contribution is 0.0697. The maximum atomic E-state index is 10.8. The summed E-state index contributed by atoms with van der Waals surface area (Å²) >= 11 is 0. The molecule has 0 aliphatic carbocycles. The van der Waals surface area contributed by atoms with Crippen LogP contribution in [0, 0.1) is 0 Å². The Labute approximate surface area is 107 Å². The summed E-state index contributed by atoms with van der Waals surface area (Å²) in [5.74, 6) is -0.355. The van der Waals surface area contributed by atoms with Crippen molar-refractivity contribution in [3.05, 3.63) is 23.9 Å². The Balaban J connectivity index is 2.19. The lowest BCUT2D eigenvalue weighted by atomic mass is 10.2. The topological polar surface area (TPSA) is 71.5 Å². The fourth-order valence-electron chi connectivity index (χ4n) is 1.40. The minimum Gasteiger partial charge on any atom is -0.478 e. The molecule has 1 rings (SSSR count). The smallest absolute Gasteiger partial charge is 0.335 e. The Kier molecular flexibility index (Phi) is 6.79. The second-order valence-electron chi connectivity index (χ2n) is 3.98. The van der Waals surface area contributed by atoms with Gasteiger partial charge in [0.25, 0.3) is 0 Å². The molecule has 1 aromatic rings. The average molecular weight is 252 g/mol. The number of ether oxygens (including phenoxy) is 1. The second kappa shape index (κ2) is 8.47. The monoisotopic (exact) mass is 252 g/mol. The van der Waals surface area contributed by atoms with E-state index in [2.05, 4.69) is 17.2 Å². The predicted molar refractivity (Wildman–Crippen MR) is 70.0 cm³/mol. The van der Waals surface area contributed by atoms with Crippen LogP contribution in [-0.4, -0.2) is 35.8 Å². The van der Waals surface area contributed by atoms with Crippen molar-refractivity contribution in [2.24, 2.45) is 0 Å². The summed E-state index contributed by atoms with van der Waals surface area (Å²) in [7, 11) is 0. The number of aromatic nitrogens is 1. The van der Waals surface area contributed by atoms with Crippen molar-refractivity contribution in [3.63, 3.8) is 0 Å². The molecule has 5 heteroatoms. The van der Waals surface area contributed by atoms with Gasteiger partial charge in [0.05, 0.1) is 5.56 Å². The molecule has 0 spiro atoms. The summed E-state index contributed by atoms with van der Waals surface area (Å²) in [5, 5.41) is 11.9. The van der Waals surface area contributed by atoms with Crippen LogP contribution in [0.4, 0.5) is 5.82 Å². The van der Waals surface area contributed by atoms with Crippen LogP contribution >= 0.6 is 0 Å². The lowest BCUT2D eigenvalue weighted by Crippen LogP contribution is -2.08. The van der Waals surface area contributed by atoms with E-state index >= 15 is 0 Å². The Morgan fingerprint density at radius 2 is 2.22 bits per heavy atom. The predicted octanol–water partition coefficient (Wildman–Crippen LogP) is 2.40. The van der Waals surface area contributed by atoms with Gasteiger partial charge in [0.1, 0.15) is 5.82 Å². The maximum absolute atomic E-state index is 10.8. The number of carboxylic acid groups (broad SMARTS) is 1. The molecule has 0 atom stereocenters. The number of anilines is 1. The van der Waals surface area contributed by atoms with Crippen molar-refractivity contribution in [2.45, 2.75) is 26.2 Å². The van der Waals surface area contributed by atoms with Crippen LogP contribution < -0.4 is 5.32 Å². The fraction of sp³-hybridized carbons (Fsp3) is 0.538. The van der Waals surface area contributed by atoms with Crippen molar-refractivity contribution in [3.8, 4) is 0 Å². The van der Waals surface area contributed by atoms with E-state index in [0.717, 1.165) is 32.4 Å². The van der Waals surface area contributed by atoms with Crippen molar-refractivity contribution < 1.29 is 14.6 Å². The maximum Gasteiger partial charge on any atom is 0.335 e. The van der Waals surface area contributed by atoms with Crippen LogP contribution in [0.2, 0.25) is 0 Å². The molecule has 0 unspecified atom stereocenters. The molecule has 2 N–H and O–H groups in total. The van der Waals surface area contributed by atoms with E-state index in [1.807, 2.05) is 0 Å². The number of nitrogens with one attached hydrogen (secondary N) is 1. The van der Waals surface area contributed by atoms with Crippen molar-refractivity contribution >= 4 is 11.8 Å². The molecule has 0 saturated heterocycles. The van der Waals surface area contributed by atoms with E-state index < -0.39 is 5.97 Å². The summed E-state index contributed by atoms with van der Waals surface area (Å²) in [6.07, 6.45) is 4.60. The van der Waals surface area contributed by atoms with Crippen LogP contribution in [0.25, 0.3) is 0 Å². The van der Waals surface area contributed by atoms with Crippen LogP contribution in [0.5, 0.6) is 0 Å². The average Bonchev–Trinajstić information content (AvgIpc) is 2.38. The number of unbranched alkanes of at least 4 members (excludes halogenated alkanes) is 1. The number of carbonyl (C=O) groups is 1. The molecule has 0 saturated carbocycles. The summed E-state index contributed by atoms with van der Waals surface area (Å²) in [6.45, 7) is 4.38. The Morgan fingerprint density at radius 1 is 1.44 bits per heavy atom. The highest BCUT2D eigenvalue weighted by atomic mass is 16.5. The van der Waals surface area contributed by atoms with Crippen molar-refractivity contribution in [1.29, 1.82) is 0 Å². The fourth-order valence-corrected chi connectivity index (χ4v) is 1.40. The minimum absolute atomic E-state index is 0.242. The lowest BCUT2D eigenvalue weighted by Gasteiger charge is -2.06. The number of rotatable bonds is 9. The molecule has 0 bridgehead atoms. The summed E-state index contributed by atoms with van der Waals surface area (Å²) in [4.78, 5) is 14.8. The van der Waals surface area contributed by atoms with E-state index in [1.54, 1.807) is 0 Å². The highest BCUT2D eigenvalue weighted by Crippen LogP contribution is 2.06. The largest absolute Gasteiger partial charge is 0.478 e. The Bertz CT molecular complexity index is 369. The third kappa shape index (κ3) is 5.63. The quantitative estimate of drug-likeness (QED) is 0.660. The molecule has 100 valence electrons. The highest BCUT2D eigenvalue weighted by molar-refractivity contribution is 5.88. The summed E-state index contributed by atoms with van der Waals surface area (Å²) in [6, 6.07) is 3.00. The van der Waals surface area contributed by atoms with Crippen LogP contribution in [0.3, 0.4) is 0 Å². The molecule has 0 aliphatic heterocycles. The first-order valence-electron chi connectivity index (χ1n) is 6.25. The second-order valence-corrected chi connectivity index (χ2v) is 3.98. The highest BCUT2D eigenvalue weighted by Gasteiger charge is 2.03. The Hall–Kier alpha value is -1.62. The number of hydrogen-bond acceptors (Lipinski definition) is 4. The first-order chi connectivity index (χ1) is 8.74. The van der Waals surface area contributed by atoms with Gasteiger partial charge in [-0.2, -0.15) is 0 Å². The molecule has 18 heavy (non-hydrogen) atoms. The molecular formula is C13H20N2O3. The molecule has 0 aliphatic rings. The standard InChI is InChI=1S/C13H20N2O3/c1-2-3-8-18-9-4-6-14-12-10-11(13(16)17)5-7-15-12/h5,7,10H,2-4,6,8-9H2,1H3,(H,14,15)(H,16,17). The SMILES string of the molecule is CCCCOCCCNc1cc(C(=O)O)ccn1. The molecule has 0 radical (unpaired) electrons. The zero-order valence-electron chi connectivity index (χ0n) is 10.7. The summed E-state index contributed by atoms with van der Waals surface area (Å²) < 4.78 is 5.42. The van der Waals surface area contributed by atoms with E-state index in [1.165, 1.54) is 18.3 Å². The van der Waals surface area contributed by atoms with Crippen LogP contribution in [0.1, 0.15) is 36.5 Å². The van der Waals surface area contributed by atoms with Crippen molar-refractivity contribution in [2.75, 3.05) is 25.1 Å². The molecule has 1 aromatic heterocycles. The number of pyridine rings is 1. The van der Waals surface area contributed by atoms with Gasteiger partial charge in [-0.15, -0.1) is 0 Å². The van der Waals surface area contributed by atoms with Gasteiger partial charge in [-0.1, -0.05) is 13.3 Å². The van der Waals surface area contributed by atoms with Gasteiger partial charge in [-0.3, -0.25) is 0 Å². The van der Waals surface area contributed by atoms with Gasteiger partial charge in [0, 0.05) is 26.0 Å². The van der Waals surface area contributed by atoms with Gasteiger partial charge in [0.2, 0.25) is 0 Å². The first-order valence-corrected chi connectivity index (χ1v) is 6.25. The van der Waals surface area contributed by atoms with Crippen LogP contribution in [0.15, 0.2) is 18.3 Å². The number of aromatic carboxylic acids is 1. The number of nitrogens with zero attached hydrogens (tertiary/aromatic N) is 1. The normalized spacial score (nSPS) is 10.3. The number of hydrogen-bond donors (Lipinski definition) is 2. The molecule has 0 aromatic carbocycles. The number of carboxylic acids is 1. The first kappa shape index (κ1) is 14.4. The third-order valence-corrected chi connectivity index (χ3v) is 2.42. The summed E-state index contributed by atoms with van der Waals surface area (Å²) in [5.41, 5.74) is 0.242. The van der Waals surface area contributed by atoms with E-state index in [4.69, 9.17) is 9.84 Å². The third-order valence-electron chi connectivity index (χ3n) is 2.42. The van der Waals surface area contributed by atoms with E-state index in [0.29, 0.717) is 12.4 Å². The van der Waals surface area contributed by atoms with Crippen molar-refractivity contribution in [1.82, 2.24) is 4.98 Å². The van der Waals surface area contributed by atoms with Gasteiger partial charge < -0.3 is 15.2 Å². The molecule has 5 nitrogen and oxygen atoms in total. The minimum atomic E-state index is -0.941. The van der Waals surface area contributed by atoms with Gasteiger partial charge in [-0.25, -0.2) is 9.78 Å². The molecule has 0 fully saturated rings.